The second-order valence-corrected chi connectivity index (χ2v) is 11.0. The molecule has 0 spiro atoms. The van der Waals surface area contributed by atoms with Crippen molar-refractivity contribution < 1.29 is 23.9 Å². The molecule has 216 valence electrons. The minimum absolute atomic E-state index is 0.0143. The van der Waals surface area contributed by atoms with Gasteiger partial charge in [0.15, 0.2) is 11.5 Å². The van der Waals surface area contributed by atoms with Crippen LogP contribution in [0.1, 0.15) is 42.6 Å². The number of fused-ring (bicyclic) bond motifs is 1. The van der Waals surface area contributed by atoms with Crippen molar-refractivity contribution in [3.05, 3.63) is 59.7 Å². The van der Waals surface area contributed by atoms with Gasteiger partial charge in [0.2, 0.25) is 11.8 Å². The number of hydrogen-bond acceptors (Lipinski definition) is 6. The molecule has 4 unspecified atom stereocenters. The van der Waals surface area contributed by atoms with Gasteiger partial charge in [-0.05, 0) is 68.7 Å². The van der Waals surface area contributed by atoms with E-state index >= 15 is 0 Å². The Kier molecular flexibility index (Phi) is 10.0. The Labute approximate surface area is 237 Å². The molecule has 2 aliphatic heterocycles. The molecular weight excluding hydrogens is 508 g/mol. The predicted octanol–water partition coefficient (Wildman–Crippen LogP) is 2.64. The van der Waals surface area contributed by atoms with Crippen LogP contribution in [0.25, 0.3) is 0 Å². The highest BCUT2D eigenvalue weighted by atomic mass is 16.5. The van der Waals surface area contributed by atoms with Crippen molar-refractivity contribution in [1.82, 2.24) is 20.9 Å². The van der Waals surface area contributed by atoms with Crippen LogP contribution in [0.5, 0.6) is 11.5 Å². The smallest absolute Gasteiger partial charge is 0.254 e. The highest BCUT2D eigenvalue weighted by Gasteiger charge is 2.45. The standard InChI is InChI=1S/C31H42N4O5/c1-20(2)40-27-14-13-22(15-28(27)39-4)31(38)35-18-23-16-33-17-24(25(23)19-35)29(36)34-26(30(37)32-3)12-8-11-21-9-6-5-7-10-21/h5-7,9-10,13-15,20,23-26,33H,8,11-12,16-19H2,1-4H3,(H,32,37)(H,34,36). The number of aryl methyl sites for hydroxylation is 1. The van der Waals surface area contributed by atoms with E-state index in [4.69, 9.17) is 9.47 Å². The van der Waals surface area contributed by atoms with E-state index in [0.29, 0.717) is 43.1 Å². The number of hydrogen-bond donors (Lipinski definition) is 3. The van der Waals surface area contributed by atoms with Gasteiger partial charge in [0, 0.05) is 38.8 Å². The molecule has 0 saturated carbocycles. The van der Waals surface area contributed by atoms with E-state index in [2.05, 4.69) is 28.1 Å². The monoisotopic (exact) mass is 550 g/mol. The number of carbonyl (C=O) groups is 3. The number of benzene rings is 2. The second kappa shape index (κ2) is 13.7. The van der Waals surface area contributed by atoms with Crippen molar-refractivity contribution in [2.75, 3.05) is 40.3 Å². The first-order valence-corrected chi connectivity index (χ1v) is 14.2. The largest absolute Gasteiger partial charge is 0.493 e. The van der Waals surface area contributed by atoms with E-state index < -0.39 is 6.04 Å². The van der Waals surface area contributed by atoms with Crippen LogP contribution in [0, 0.1) is 17.8 Å². The third-order valence-corrected chi connectivity index (χ3v) is 7.86. The maximum atomic E-state index is 13.5. The molecule has 4 atom stereocenters. The lowest BCUT2D eigenvalue weighted by Gasteiger charge is -2.33. The molecular formula is C31H42N4O5. The molecule has 2 fully saturated rings. The van der Waals surface area contributed by atoms with Gasteiger partial charge in [-0.3, -0.25) is 14.4 Å². The molecule has 2 aliphatic rings. The number of likely N-dealkylation sites (tertiary alicyclic amines) is 1. The molecule has 0 aromatic heterocycles. The Balaban J connectivity index is 1.39. The molecule has 0 radical (unpaired) electrons. The summed E-state index contributed by atoms with van der Waals surface area (Å²) in [5, 5.41) is 9.09. The lowest BCUT2D eigenvalue weighted by atomic mass is 9.80. The summed E-state index contributed by atoms with van der Waals surface area (Å²) in [7, 11) is 3.15. The Morgan fingerprint density at radius 2 is 1.82 bits per heavy atom. The number of ether oxygens (including phenoxy) is 2. The van der Waals surface area contributed by atoms with Crippen molar-refractivity contribution in [2.24, 2.45) is 17.8 Å². The summed E-state index contributed by atoms with van der Waals surface area (Å²) in [5.41, 5.74) is 1.73. The van der Waals surface area contributed by atoms with Crippen LogP contribution in [-0.4, -0.2) is 75.1 Å². The Morgan fingerprint density at radius 1 is 1.05 bits per heavy atom. The maximum absolute atomic E-state index is 13.5. The molecule has 2 aromatic rings. The summed E-state index contributed by atoms with van der Waals surface area (Å²) < 4.78 is 11.3. The van der Waals surface area contributed by atoms with Crippen LogP contribution in [0.15, 0.2) is 48.5 Å². The number of piperidine rings is 1. The average molecular weight is 551 g/mol. The highest BCUT2D eigenvalue weighted by molar-refractivity contribution is 5.95. The lowest BCUT2D eigenvalue weighted by molar-refractivity contribution is -0.132. The second-order valence-electron chi connectivity index (χ2n) is 11.0. The van der Waals surface area contributed by atoms with Crippen molar-refractivity contribution in [1.29, 1.82) is 0 Å². The Bertz CT molecular complexity index is 1170. The molecule has 4 rings (SSSR count). The van der Waals surface area contributed by atoms with Gasteiger partial charge < -0.3 is 30.3 Å². The van der Waals surface area contributed by atoms with Crippen LogP contribution < -0.4 is 25.4 Å². The molecule has 2 aromatic carbocycles. The molecule has 9 heteroatoms. The zero-order chi connectivity index (χ0) is 28.6. The van der Waals surface area contributed by atoms with Gasteiger partial charge in [-0.2, -0.15) is 0 Å². The quantitative estimate of drug-likeness (QED) is 0.397. The minimum Gasteiger partial charge on any atom is -0.493 e. The van der Waals surface area contributed by atoms with Gasteiger partial charge >= 0.3 is 0 Å². The number of methoxy groups -OCH3 is 1. The number of likely N-dealkylation sites (N-methyl/N-ethyl adjacent to an activating group) is 1. The number of nitrogens with one attached hydrogen (secondary N) is 3. The molecule has 9 nitrogen and oxygen atoms in total. The van der Waals surface area contributed by atoms with Crippen molar-refractivity contribution >= 4 is 17.7 Å². The molecule has 3 N–H and O–H groups in total. The fourth-order valence-electron chi connectivity index (χ4n) is 5.81. The van der Waals surface area contributed by atoms with Gasteiger partial charge in [0.05, 0.1) is 19.1 Å². The van der Waals surface area contributed by atoms with Gasteiger partial charge in [-0.1, -0.05) is 30.3 Å². The first kappa shape index (κ1) is 29.4. The maximum Gasteiger partial charge on any atom is 0.254 e. The molecule has 0 aliphatic carbocycles. The van der Waals surface area contributed by atoms with Crippen LogP contribution in [0.3, 0.4) is 0 Å². The first-order valence-electron chi connectivity index (χ1n) is 14.2. The summed E-state index contributed by atoms with van der Waals surface area (Å²) >= 11 is 0. The lowest BCUT2D eigenvalue weighted by Crippen LogP contribution is -2.54. The molecule has 3 amide bonds. The van der Waals surface area contributed by atoms with Gasteiger partial charge in [-0.25, -0.2) is 0 Å². The fourth-order valence-corrected chi connectivity index (χ4v) is 5.81. The third-order valence-electron chi connectivity index (χ3n) is 7.86. The predicted molar refractivity (Wildman–Crippen MR) is 153 cm³/mol. The van der Waals surface area contributed by atoms with Crippen molar-refractivity contribution in [3.63, 3.8) is 0 Å². The van der Waals surface area contributed by atoms with Crippen LogP contribution >= 0.6 is 0 Å². The number of nitrogens with zero attached hydrogens (tertiary/aromatic N) is 1. The number of carbonyl (C=O) groups excluding carboxylic acids is 3. The Hall–Kier alpha value is -3.59. The summed E-state index contributed by atoms with van der Waals surface area (Å²) in [6.45, 7) is 6.21. The minimum atomic E-state index is -0.597. The van der Waals surface area contributed by atoms with E-state index in [1.54, 1.807) is 32.4 Å². The SMILES string of the molecule is CNC(=O)C(CCCc1ccccc1)NC(=O)C1CNCC2CN(C(=O)c3ccc(OC(C)C)c(OC)c3)CC21. The zero-order valence-corrected chi connectivity index (χ0v) is 23.9. The van der Waals surface area contributed by atoms with Gasteiger partial charge in [-0.15, -0.1) is 0 Å². The summed E-state index contributed by atoms with van der Waals surface area (Å²) in [6, 6.07) is 14.8. The Morgan fingerprint density at radius 3 is 2.52 bits per heavy atom. The van der Waals surface area contributed by atoms with Gasteiger partial charge in [0.1, 0.15) is 6.04 Å². The summed E-state index contributed by atoms with van der Waals surface area (Å²) in [4.78, 5) is 41.4. The van der Waals surface area contributed by atoms with E-state index in [9.17, 15) is 14.4 Å². The molecule has 40 heavy (non-hydrogen) atoms. The van der Waals surface area contributed by atoms with Crippen LogP contribution in [0.4, 0.5) is 0 Å². The van der Waals surface area contributed by atoms with Crippen LogP contribution in [0.2, 0.25) is 0 Å². The first-order chi connectivity index (χ1) is 19.3. The van der Waals surface area contributed by atoms with Crippen LogP contribution in [-0.2, 0) is 16.0 Å². The summed E-state index contributed by atoms with van der Waals surface area (Å²) in [6.07, 6.45) is 2.16. The zero-order valence-electron chi connectivity index (χ0n) is 23.9. The highest BCUT2D eigenvalue weighted by Crippen LogP contribution is 2.35. The molecule has 2 heterocycles. The topological polar surface area (TPSA) is 109 Å². The third kappa shape index (κ3) is 7.13. The summed E-state index contributed by atoms with van der Waals surface area (Å²) in [5.74, 6) is 0.551. The number of amides is 3. The molecule has 0 bridgehead atoms. The van der Waals surface area contributed by atoms with E-state index in [1.807, 2.05) is 36.9 Å². The van der Waals surface area contributed by atoms with E-state index in [1.165, 1.54) is 5.56 Å². The average Bonchev–Trinajstić information content (AvgIpc) is 3.41. The fraction of sp³-hybridized carbons (Fsp3) is 0.516. The van der Waals surface area contributed by atoms with E-state index in [0.717, 1.165) is 19.4 Å². The van der Waals surface area contributed by atoms with Gasteiger partial charge in [0.25, 0.3) is 5.91 Å². The van der Waals surface area contributed by atoms with E-state index in [-0.39, 0.29) is 41.6 Å². The number of rotatable bonds is 11. The molecule has 2 saturated heterocycles. The normalized spacial score (nSPS) is 20.9. The van der Waals surface area contributed by atoms with Crippen molar-refractivity contribution in [3.8, 4) is 11.5 Å². The van der Waals surface area contributed by atoms with Crippen molar-refractivity contribution in [2.45, 2.75) is 45.3 Å².